The summed E-state index contributed by atoms with van der Waals surface area (Å²) in [5.41, 5.74) is -1.36. The summed E-state index contributed by atoms with van der Waals surface area (Å²) in [4.78, 5) is 23.7. The lowest BCUT2D eigenvalue weighted by Crippen LogP contribution is -2.77. The smallest absolute Gasteiger partial charge is 0.300 e. The summed E-state index contributed by atoms with van der Waals surface area (Å²) < 4.78 is -0.884. The van der Waals surface area contributed by atoms with Crippen molar-refractivity contribution >= 4 is 11.8 Å². The van der Waals surface area contributed by atoms with Gasteiger partial charge >= 0.3 is 11.8 Å². The zero-order chi connectivity index (χ0) is 13.8. The summed E-state index contributed by atoms with van der Waals surface area (Å²) in [7, 11) is 0. The van der Waals surface area contributed by atoms with Crippen LogP contribution in [-0.2, 0) is 9.59 Å². The molecule has 0 unspecified atom stereocenters. The van der Waals surface area contributed by atoms with E-state index in [9.17, 15) is 14.8 Å². The van der Waals surface area contributed by atoms with Crippen LogP contribution in [-0.4, -0.2) is 32.7 Å². The molecule has 18 heavy (non-hydrogen) atoms. The van der Waals surface area contributed by atoms with Crippen LogP contribution in [0.1, 0.15) is 47.0 Å². The van der Waals surface area contributed by atoms with Crippen LogP contribution >= 0.6 is 0 Å². The van der Waals surface area contributed by atoms with Crippen LogP contribution in [0.5, 0.6) is 0 Å². The van der Waals surface area contributed by atoms with E-state index >= 15 is 0 Å². The van der Waals surface area contributed by atoms with E-state index in [1.54, 1.807) is 0 Å². The van der Waals surface area contributed by atoms with Gasteiger partial charge in [0.2, 0.25) is 0 Å². The van der Waals surface area contributed by atoms with Gasteiger partial charge in [-0.1, -0.05) is 0 Å². The molecule has 0 bridgehead atoms. The minimum absolute atomic E-state index is 0.502. The number of rotatable bonds is 1. The molecule has 0 atom stereocenters. The molecule has 2 rings (SSSR count). The number of hydrogen-bond acceptors (Lipinski definition) is 3. The molecule has 2 aliphatic heterocycles. The zero-order valence-electron chi connectivity index (χ0n) is 11.4. The molecule has 0 aliphatic carbocycles. The van der Waals surface area contributed by atoms with Gasteiger partial charge in [-0.25, -0.2) is 4.76 Å². The van der Waals surface area contributed by atoms with Gasteiger partial charge in [0, 0.05) is 25.0 Å². The molecule has 0 aromatic rings. The number of carbonyl (C=O) groups is 2. The van der Waals surface area contributed by atoms with Crippen molar-refractivity contribution in [3.05, 3.63) is 17.4 Å². The highest BCUT2D eigenvalue weighted by Crippen LogP contribution is 2.47. The van der Waals surface area contributed by atoms with Crippen LogP contribution in [0.4, 0.5) is 0 Å². The second-order valence-electron chi connectivity index (χ2n) is 6.38. The Morgan fingerprint density at radius 2 is 1.44 bits per heavy atom. The molecule has 100 valence electrons. The van der Waals surface area contributed by atoms with Crippen molar-refractivity contribution in [1.29, 1.82) is 0 Å². The van der Waals surface area contributed by atoms with Crippen LogP contribution in [0.2, 0.25) is 0 Å². The third-order valence-corrected chi connectivity index (χ3v) is 4.29. The molecule has 1 saturated heterocycles. The number of hydrogen-bond donors (Lipinski definition) is 0. The average molecular weight is 252 g/mol. The number of nitrogens with zero attached hydrogens (tertiary/aromatic N) is 2. The lowest BCUT2D eigenvalue weighted by atomic mass is 9.80. The molecule has 5 heteroatoms. The summed E-state index contributed by atoms with van der Waals surface area (Å²) in [5.74, 6) is -1.00. The van der Waals surface area contributed by atoms with E-state index in [0.717, 1.165) is 11.4 Å². The first-order valence-electron chi connectivity index (χ1n) is 6.30. The van der Waals surface area contributed by atoms with Crippen LogP contribution < -0.4 is 0 Å². The van der Waals surface area contributed by atoms with E-state index in [0.29, 0.717) is 12.8 Å². The zero-order valence-corrected chi connectivity index (χ0v) is 11.4. The molecule has 1 fully saturated rings. The minimum atomic E-state index is -0.884. The van der Waals surface area contributed by atoms with Gasteiger partial charge in [0.1, 0.15) is 11.1 Å². The fourth-order valence-corrected chi connectivity index (χ4v) is 3.29. The van der Waals surface area contributed by atoms with E-state index < -0.39 is 27.6 Å². The lowest BCUT2D eigenvalue weighted by Gasteiger charge is -2.65. The van der Waals surface area contributed by atoms with Crippen molar-refractivity contribution in [2.24, 2.45) is 0 Å². The molecular formula is C13H20N2O3. The predicted molar refractivity (Wildman–Crippen MR) is 66.6 cm³/mol. The Morgan fingerprint density at radius 3 is 1.83 bits per heavy atom. The van der Waals surface area contributed by atoms with Crippen LogP contribution in [0, 0.1) is 5.21 Å². The molecule has 0 N–H and O–H groups in total. The Hall–Kier alpha value is -1.20. The normalized spacial score (nSPS) is 28.8. The van der Waals surface area contributed by atoms with Crippen molar-refractivity contribution in [3.63, 3.8) is 0 Å². The molecule has 2 amide bonds. The molecule has 2 aliphatic rings. The van der Waals surface area contributed by atoms with Crippen LogP contribution in [0.3, 0.4) is 0 Å². The largest absolute Gasteiger partial charge is 0.605 e. The molecule has 2 heterocycles. The van der Waals surface area contributed by atoms with Crippen LogP contribution in [0.25, 0.3) is 0 Å². The lowest BCUT2D eigenvalue weighted by molar-refractivity contribution is -1.05. The molecular weight excluding hydrogens is 232 g/mol. The molecule has 0 spiro atoms. The molecule has 0 saturated carbocycles. The summed E-state index contributed by atoms with van der Waals surface area (Å²) >= 11 is 0. The standard InChI is InChI=1S/C13H20N2O3/c1-12(2)8-5-9-13(3,4)15(12,18)14-10(16)6-7-11(14)17/h6-7H,5,8-9H2,1-4H3. The molecule has 0 aromatic heterocycles. The van der Waals surface area contributed by atoms with E-state index in [1.165, 1.54) is 12.2 Å². The summed E-state index contributed by atoms with van der Waals surface area (Å²) in [6.45, 7) is 7.33. The van der Waals surface area contributed by atoms with Crippen molar-refractivity contribution in [2.45, 2.75) is 58.0 Å². The Morgan fingerprint density at radius 1 is 1.06 bits per heavy atom. The Balaban J connectivity index is 2.54. The quantitative estimate of drug-likeness (QED) is 0.407. The monoisotopic (exact) mass is 252 g/mol. The number of piperidine rings is 1. The minimum Gasteiger partial charge on any atom is -0.605 e. The third kappa shape index (κ3) is 1.47. The first kappa shape index (κ1) is 13.2. The van der Waals surface area contributed by atoms with Crippen LogP contribution in [0.15, 0.2) is 12.2 Å². The van der Waals surface area contributed by atoms with E-state index in [1.807, 2.05) is 27.7 Å². The first-order valence-corrected chi connectivity index (χ1v) is 6.30. The van der Waals surface area contributed by atoms with Gasteiger partial charge in [-0.05, 0) is 34.1 Å². The summed E-state index contributed by atoms with van der Waals surface area (Å²) in [6, 6.07) is 0. The van der Waals surface area contributed by atoms with Crippen molar-refractivity contribution < 1.29 is 14.3 Å². The number of quaternary nitrogens is 1. The van der Waals surface area contributed by atoms with Crippen molar-refractivity contribution in [2.75, 3.05) is 0 Å². The molecule has 0 radical (unpaired) electrons. The summed E-state index contributed by atoms with van der Waals surface area (Å²) in [6.07, 6.45) is 4.71. The van der Waals surface area contributed by atoms with Gasteiger partial charge in [-0.2, -0.15) is 0 Å². The maximum absolute atomic E-state index is 13.4. The first-order chi connectivity index (χ1) is 8.13. The van der Waals surface area contributed by atoms with Gasteiger partial charge < -0.3 is 5.21 Å². The second kappa shape index (κ2) is 3.65. The number of amides is 2. The van der Waals surface area contributed by atoms with Gasteiger partial charge in [0.15, 0.2) is 0 Å². The van der Waals surface area contributed by atoms with Gasteiger partial charge in [0.25, 0.3) is 0 Å². The van der Waals surface area contributed by atoms with E-state index in [2.05, 4.69) is 0 Å². The SMILES string of the molecule is CC1(C)CCCC(C)(C)[N+]1([O-])N1C(=O)C=CC1=O. The second-order valence-corrected chi connectivity index (χ2v) is 6.38. The fourth-order valence-electron chi connectivity index (χ4n) is 3.29. The van der Waals surface area contributed by atoms with E-state index in [4.69, 9.17) is 0 Å². The van der Waals surface area contributed by atoms with Gasteiger partial charge in [-0.15, -0.1) is 5.01 Å². The fraction of sp³-hybridized carbons (Fsp3) is 0.692. The molecule has 5 nitrogen and oxygen atoms in total. The number of carbonyl (C=O) groups excluding carboxylic acids is 2. The maximum Gasteiger partial charge on any atom is 0.300 e. The van der Waals surface area contributed by atoms with E-state index in [-0.39, 0.29) is 0 Å². The van der Waals surface area contributed by atoms with Crippen molar-refractivity contribution in [3.8, 4) is 0 Å². The number of hydroxylamine groups is 2. The van der Waals surface area contributed by atoms with Crippen molar-refractivity contribution in [1.82, 2.24) is 5.01 Å². The number of imide groups is 1. The highest BCUT2D eigenvalue weighted by molar-refractivity contribution is 6.11. The van der Waals surface area contributed by atoms with Gasteiger partial charge in [-0.3, -0.25) is 9.59 Å². The average Bonchev–Trinajstić information content (AvgIpc) is 2.55. The summed E-state index contributed by atoms with van der Waals surface area (Å²) in [5, 5.41) is 14.3. The Bertz CT molecular complexity index is 404. The maximum atomic E-state index is 13.4. The highest BCUT2D eigenvalue weighted by Gasteiger charge is 2.58. The highest BCUT2D eigenvalue weighted by atomic mass is 16.6. The molecule has 0 aromatic carbocycles. The third-order valence-electron chi connectivity index (χ3n) is 4.29. The Labute approximate surface area is 107 Å². The van der Waals surface area contributed by atoms with Gasteiger partial charge in [0.05, 0.1) is 0 Å². The Kier molecular flexibility index (Phi) is 2.68. The predicted octanol–water partition coefficient (Wildman–Crippen LogP) is 1.88. The topological polar surface area (TPSA) is 60.4 Å².